The maximum absolute atomic E-state index is 12.8. The van der Waals surface area contributed by atoms with Gasteiger partial charge >= 0.3 is 0 Å². The topological polar surface area (TPSA) is 60.9 Å². The molecule has 2 heterocycles. The number of carbonyl (C=O) groups excluding carboxylic acids is 3. The maximum Gasteiger partial charge on any atom is 0.228 e. The smallest absolute Gasteiger partial charge is 0.228 e. The highest BCUT2D eigenvalue weighted by atomic mass is 79.9. The van der Waals surface area contributed by atoms with Crippen molar-refractivity contribution in [3.63, 3.8) is 0 Å². The minimum atomic E-state index is -0.295. The van der Waals surface area contributed by atoms with Crippen molar-refractivity contribution in [3.05, 3.63) is 28.7 Å². The Kier molecular flexibility index (Phi) is 4.73. The molecule has 4 rings (SSSR count). The first-order valence-electron chi connectivity index (χ1n) is 9.16. The Bertz CT molecular complexity index is 724. The minimum absolute atomic E-state index is 0.00628. The lowest BCUT2D eigenvalue weighted by atomic mass is 10.1. The van der Waals surface area contributed by atoms with E-state index in [0.717, 1.165) is 23.0 Å². The summed E-state index contributed by atoms with van der Waals surface area (Å²) in [5.41, 5.74) is 0.827. The quantitative estimate of drug-likeness (QED) is 0.751. The molecule has 7 heteroatoms. The molecule has 0 radical (unpaired) electrons. The fraction of sp³-hybridized carbons (Fsp3) is 0.526. The fourth-order valence-electron chi connectivity index (χ4n) is 3.74. The van der Waals surface area contributed by atoms with Crippen molar-refractivity contribution in [1.82, 2.24) is 9.80 Å². The molecule has 0 bridgehead atoms. The molecule has 6 nitrogen and oxygen atoms in total. The summed E-state index contributed by atoms with van der Waals surface area (Å²) >= 11 is 3.39. The third-order valence-electron chi connectivity index (χ3n) is 5.44. The molecule has 1 aliphatic carbocycles. The van der Waals surface area contributed by atoms with Crippen molar-refractivity contribution in [1.29, 1.82) is 0 Å². The van der Waals surface area contributed by atoms with E-state index in [9.17, 15) is 14.4 Å². The van der Waals surface area contributed by atoms with Gasteiger partial charge in [0.15, 0.2) is 0 Å². The van der Waals surface area contributed by atoms with E-state index in [-0.39, 0.29) is 36.0 Å². The molecule has 0 N–H and O–H groups in total. The largest absolute Gasteiger partial charge is 0.339 e. The molecule has 3 aliphatic rings. The number of amides is 3. The minimum Gasteiger partial charge on any atom is -0.339 e. The van der Waals surface area contributed by atoms with E-state index < -0.39 is 0 Å². The number of rotatable bonds is 3. The number of hydrogen-bond acceptors (Lipinski definition) is 3. The summed E-state index contributed by atoms with van der Waals surface area (Å²) in [7, 11) is 0. The molecular formula is C19H22BrN3O3. The first-order valence-corrected chi connectivity index (χ1v) is 9.96. The Morgan fingerprint density at radius 2 is 1.42 bits per heavy atom. The van der Waals surface area contributed by atoms with E-state index >= 15 is 0 Å². The summed E-state index contributed by atoms with van der Waals surface area (Å²) < 4.78 is 0.958. The molecule has 3 fully saturated rings. The van der Waals surface area contributed by atoms with E-state index in [1.54, 1.807) is 4.90 Å². The Balaban J connectivity index is 1.34. The lowest BCUT2D eigenvalue weighted by Crippen LogP contribution is -2.52. The zero-order valence-electron chi connectivity index (χ0n) is 14.6. The molecule has 26 heavy (non-hydrogen) atoms. The van der Waals surface area contributed by atoms with Crippen LogP contribution in [-0.4, -0.2) is 60.2 Å². The van der Waals surface area contributed by atoms with E-state index in [4.69, 9.17) is 0 Å². The summed E-state index contributed by atoms with van der Waals surface area (Å²) in [6, 6.07) is 7.57. The number of piperazine rings is 1. The lowest BCUT2D eigenvalue weighted by Gasteiger charge is -2.36. The predicted octanol–water partition coefficient (Wildman–Crippen LogP) is 1.88. The van der Waals surface area contributed by atoms with Gasteiger partial charge in [-0.25, -0.2) is 0 Å². The molecule has 1 atom stereocenters. The predicted molar refractivity (Wildman–Crippen MR) is 100 cm³/mol. The fourth-order valence-corrected chi connectivity index (χ4v) is 4.00. The molecule has 138 valence electrons. The van der Waals surface area contributed by atoms with E-state index in [2.05, 4.69) is 15.9 Å². The Morgan fingerprint density at radius 1 is 0.885 bits per heavy atom. The average molecular weight is 420 g/mol. The van der Waals surface area contributed by atoms with Crippen molar-refractivity contribution in [2.45, 2.75) is 19.3 Å². The van der Waals surface area contributed by atoms with Crippen LogP contribution >= 0.6 is 15.9 Å². The van der Waals surface area contributed by atoms with Gasteiger partial charge in [0.05, 0.1) is 5.92 Å². The van der Waals surface area contributed by atoms with Crippen LogP contribution in [-0.2, 0) is 14.4 Å². The molecule has 1 saturated carbocycles. The molecule has 0 spiro atoms. The van der Waals surface area contributed by atoms with Crippen LogP contribution < -0.4 is 4.90 Å². The summed E-state index contributed by atoms with van der Waals surface area (Å²) in [6.45, 7) is 2.79. The standard InChI is InChI=1S/C19H22BrN3O3/c20-15-3-5-16(6-4-15)23-12-14(11-17(23)24)19(26)22-9-7-21(8-10-22)18(25)13-1-2-13/h3-6,13-14H,1-2,7-12H2/t14-/m1/s1. The Labute approximate surface area is 161 Å². The molecule has 3 amide bonds. The van der Waals surface area contributed by atoms with E-state index in [0.29, 0.717) is 32.7 Å². The molecule has 2 saturated heterocycles. The van der Waals surface area contributed by atoms with Crippen LogP contribution in [0.15, 0.2) is 28.7 Å². The Morgan fingerprint density at radius 3 is 1.96 bits per heavy atom. The third kappa shape index (κ3) is 3.49. The van der Waals surface area contributed by atoms with E-state index in [1.165, 1.54) is 0 Å². The average Bonchev–Trinajstić information content (AvgIpc) is 3.44. The van der Waals surface area contributed by atoms with Gasteiger partial charge < -0.3 is 14.7 Å². The normalized spacial score (nSPS) is 23.5. The van der Waals surface area contributed by atoms with Crippen molar-refractivity contribution in [2.75, 3.05) is 37.6 Å². The van der Waals surface area contributed by atoms with Crippen LogP contribution in [0.3, 0.4) is 0 Å². The van der Waals surface area contributed by atoms with Gasteiger partial charge in [0.25, 0.3) is 0 Å². The second-order valence-corrected chi connectivity index (χ2v) is 8.22. The molecule has 0 unspecified atom stereocenters. The van der Waals surface area contributed by atoms with Gasteiger partial charge in [-0.1, -0.05) is 15.9 Å². The third-order valence-corrected chi connectivity index (χ3v) is 5.97. The number of halogens is 1. The first-order chi connectivity index (χ1) is 12.5. The molecule has 0 aromatic heterocycles. The molecule has 1 aromatic carbocycles. The SMILES string of the molecule is O=C(C1CC1)N1CCN(C(=O)[C@@H]2CC(=O)N(c3ccc(Br)cc3)C2)CC1. The molecule has 2 aliphatic heterocycles. The van der Waals surface area contributed by atoms with Crippen LogP contribution in [0.1, 0.15) is 19.3 Å². The monoisotopic (exact) mass is 419 g/mol. The van der Waals surface area contributed by atoms with E-state index in [1.807, 2.05) is 34.1 Å². The van der Waals surface area contributed by atoms with Crippen LogP contribution in [0.2, 0.25) is 0 Å². The van der Waals surface area contributed by atoms with Gasteiger partial charge in [0, 0.05) is 55.2 Å². The number of carbonyl (C=O) groups is 3. The van der Waals surface area contributed by atoms with Crippen LogP contribution in [0, 0.1) is 11.8 Å². The summed E-state index contributed by atoms with van der Waals surface area (Å²) in [5.74, 6) is 0.209. The molecule has 1 aromatic rings. The summed E-state index contributed by atoms with van der Waals surface area (Å²) in [4.78, 5) is 42.7. The van der Waals surface area contributed by atoms with Gasteiger partial charge in [-0.3, -0.25) is 14.4 Å². The zero-order chi connectivity index (χ0) is 18.3. The summed E-state index contributed by atoms with van der Waals surface area (Å²) in [6.07, 6.45) is 2.28. The van der Waals surface area contributed by atoms with Gasteiger partial charge in [-0.05, 0) is 37.1 Å². The second-order valence-electron chi connectivity index (χ2n) is 7.31. The number of hydrogen-bond donors (Lipinski definition) is 0. The summed E-state index contributed by atoms with van der Waals surface area (Å²) in [5, 5.41) is 0. The van der Waals surface area contributed by atoms with Gasteiger partial charge in [-0.15, -0.1) is 0 Å². The highest BCUT2D eigenvalue weighted by molar-refractivity contribution is 9.10. The lowest BCUT2D eigenvalue weighted by molar-refractivity contribution is -0.142. The zero-order valence-corrected chi connectivity index (χ0v) is 16.2. The number of benzene rings is 1. The number of anilines is 1. The van der Waals surface area contributed by atoms with Crippen molar-refractivity contribution >= 4 is 39.3 Å². The van der Waals surface area contributed by atoms with Gasteiger partial charge in [-0.2, -0.15) is 0 Å². The van der Waals surface area contributed by atoms with Crippen LogP contribution in [0.25, 0.3) is 0 Å². The Hall–Kier alpha value is -1.89. The highest BCUT2D eigenvalue weighted by Gasteiger charge is 2.39. The number of nitrogens with zero attached hydrogens (tertiary/aromatic N) is 3. The van der Waals surface area contributed by atoms with Crippen molar-refractivity contribution in [3.8, 4) is 0 Å². The maximum atomic E-state index is 12.8. The highest BCUT2D eigenvalue weighted by Crippen LogP contribution is 2.32. The van der Waals surface area contributed by atoms with Crippen molar-refractivity contribution < 1.29 is 14.4 Å². The van der Waals surface area contributed by atoms with Crippen LogP contribution in [0.4, 0.5) is 5.69 Å². The second kappa shape index (κ2) is 7.02. The van der Waals surface area contributed by atoms with Crippen LogP contribution in [0.5, 0.6) is 0 Å². The van der Waals surface area contributed by atoms with Gasteiger partial charge in [0.1, 0.15) is 0 Å². The molecular weight excluding hydrogens is 398 g/mol. The van der Waals surface area contributed by atoms with Crippen molar-refractivity contribution in [2.24, 2.45) is 11.8 Å². The van der Waals surface area contributed by atoms with Gasteiger partial charge in [0.2, 0.25) is 17.7 Å². The first kappa shape index (κ1) is 17.5.